The second kappa shape index (κ2) is 6.82. The van der Waals surface area contributed by atoms with Crippen LogP contribution in [-0.2, 0) is 0 Å². The highest BCUT2D eigenvalue weighted by Gasteiger charge is 2.49. The fourth-order valence-electron chi connectivity index (χ4n) is 3.84. The third-order valence-electron chi connectivity index (χ3n) is 5.02. The minimum atomic E-state index is -4.69. The number of ether oxygens (including phenoxy) is 1. The summed E-state index contributed by atoms with van der Waals surface area (Å²) in [4.78, 5) is 0. The molecule has 3 nitrogen and oxygen atoms in total. The minimum Gasteiger partial charge on any atom is -0.475 e. The number of anilines is 1. The van der Waals surface area contributed by atoms with Gasteiger partial charge in [-0.15, -0.1) is 0 Å². The van der Waals surface area contributed by atoms with Crippen LogP contribution in [0.1, 0.15) is 22.8 Å². The molecule has 1 unspecified atom stereocenters. The minimum absolute atomic E-state index is 0.0174. The Labute approximate surface area is 173 Å². The Morgan fingerprint density at radius 3 is 2.41 bits per heavy atom. The predicted molar refractivity (Wildman–Crippen MR) is 108 cm³/mol. The van der Waals surface area contributed by atoms with Crippen LogP contribution >= 0.6 is 15.9 Å². The maximum atomic E-state index is 13.9. The van der Waals surface area contributed by atoms with E-state index < -0.39 is 12.3 Å². The Balaban J connectivity index is 2.17. The Morgan fingerprint density at radius 1 is 1.10 bits per heavy atom. The summed E-state index contributed by atoms with van der Waals surface area (Å²) in [5.41, 5.74) is 8.43. The van der Waals surface area contributed by atoms with Gasteiger partial charge < -0.3 is 10.5 Å². The van der Waals surface area contributed by atoms with Gasteiger partial charge in [0.2, 0.25) is 6.10 Å². The predicted octanol–water partition coefficient (Wildman–Crippen LogP) is 6.54. The zero-order chi connectivity index (χ0) is 20.9. The van der Waals surface area contributed by atoms with E-state index in [2.05, 4.69) is 15.9 Å². The topological polar surface area (TPSA) is 59.0 Å². The van der Waals surface area contributed by atoms with Gasteiger partial charge in [-0.1, -0.05) is 46.3 Å². The monoisotopic (exact) mass is 458 g/mol. The molecule has 1 aliphatic rings. The first-order valence-electron chi connectivity index (χ1n) is 8.68. The lowest BCUT2D eigenvalue weighted by atomic mass is 9.81. The van der Waals surface area contributed by atoms with Crippen LogP contribution in [0.25, 0.3) is 22.3 Å². The Kier molecular flexibility index (Phi) is 4.55. The SMILES string of the molecule is Cc1c(-c2ccccc2)c(C#N)c(N)c2c1-c1cc(Br)ccc1OC2C(F)(F)F. The molecule has 4 rings (SSSR count). The molecular formula is C22H14BrF3N2O. The van der Waals surface area contributed by atoms with Crippen LogP contribution in [0.3, 0.4) is 0 Å². The van der Waals surface area contributed by atoms with Gasteiger partial charge in [-0.3, -0.25) is 0 Å². The fourth-order valence-corrected chi connectivity index (χ4v) is 4.20. The van der Waals surface area contributed by atoms with Crippen LogP contribution in [0.15, 0.2) is 53.0 Å². The summed E-state index contributed by atoms with van der Waals surface area (Å²) in [7, 11) is 0. The highest BCUT2D eigenvalue weighted by Crippen LogP contribution is 2.54. The largest absolute Gasteiger partial charge is 0.475 e. The molecule has 7 heteroatoms. The molecule has 3 aromatic rings. The Morgan fingerprint density at radius 2 is 1.79 bits per heavy atom. The standard InChI is InChI=1S/C22H14BrF3N2O/c1-11-17(12-5-3-2-4-6-12)15(10-27)20(28)19-18(11)14-9-13(23)7-8-16(14)29-21(19)22(24,25)26/h2-9,21H,28H2,1H3. The summed E-state index contributed by atoms with van der Waals surface area (Å²) in [6.07, 6.45) is -6.94. The number of rotatable bonds is 1. The van der Waals surface area contributed by atoms with Crippen molar-refractivity contribution in [2.75, 3.05) is 5.73 Å². The lowest BCUT2D eigenvalue weighted by Crippen LogP contribution is -2.30. The molecule has 146 valence electrons. The molecule has 29 heavy (non-hydrogen) atoms. The average molecular weight is 459 g/mol. The van der Waals surface area contributed by atoms with Gasteiger partial charge in [0.1, 0.15) is 11.8 Å². The first kappa shape index (κ1) is 19.3. The second-order valence-electron chi connectivity index (χ2n) is 6.74. The summed E-state index contributed by atoms with van der Waals surface area (Å²) >= 11 is 3.37. The van der Waals surface area contributed by atoms with Gasteiger partial charge >= 0.3 is 6.18 Å². The summed E-state index contributed by atoms with van der Waals surface area (Å²) < 4.78 is 47.7. The molecular weight excluding hydrogens is 445 g/mol. The summed E-state index contributed by atoms with van der Waals surface area (Å²) in [5, 5.41) is 9.76. The fraction of sp³-hybridized carbons (Fsp3) is 0.136. The van der Waals surface area contributed by atoms with E-state index in [-0.39, 0.29) is 22.6 Å². The third kappa shape index (κ3) is 3.04. The van der Waals surface area contributed by atoms with Crippen LogP contribution in [0.2, 0.25) is 0 Å². The van der Waals surface area contributed by atoms with Crippen molar-refractivity contribution >= 4 is 21.6 Å². The first-order chi connectivity index (χ1) is 13.7. The molecule has 3 aromatic carbocycles. The quantitative estimate of drug-likeness (QED) is 0.421. The maximum Gasteiger partial charge on any atom is 0.429 e. The highest BCUT2D eigenvalue weighted by atomic mass is 79.9. The van der Waals surface area contributed by atoms with Crippen LogP contribution in [0.5, 0.6) is 5.75 Å². The number of nitriles is 1. The van der Waals surface area contributed by atoms with Gasteiger partial charge in [0.15, 0.2) is 0 Å². The number of halogens is 4. The van der Waals surface area contributed by atoms with Crippen molar-refractivity contribution in [2.24, 2.45) is 0 Å². The van der Waals surface area contributed by atoms with Crippen LogP contribution < -0.4 is 10.5 Å². The molecule has 0 aliphatic carbocycles. The van der Waals surface area contributed by atoms with Crippen molar-refractivity contribution < 1.29 is 17.9 Å². The molecule has 2 N–H and O–H groups in total. The van der Waals surface area contributed by atoms with E-state index in [0.717, 1.165) is 0 Å². The van der Waals surface area contributed by atoms with Crippen molar-refractivity contribution in [2.45, 2.75) is 19.2 Å². The molecule has 0 amide bonds. The van der Waals surface area contributed by atoms with Gasteiger partial charge in [0, 0.05) is 21.2 Å². The molecule has 1 aliphatic heterocycles. The number of nitrogens with two attached hydrogens (primary N) is 1. The summed E-state index contributed by atoms with van der Waals surface area (Å²) in [5.74, 6) is 0.120. The smallest absolute Gasteiger partial charge is 0.429 e. The van der Waals surface area contributed by atoms with E-state index >= 15 is 0 Å². The van der Waals surface area contributed by atoms with Crippen molar-refractivity contribution in [1.82, 2.24) is 0 Å². The lowest BCUT2D eigenvalue weighted by molar-refractivity contribution is -0.198. The molecule has 1 heterocycles. The lowest BCUT2D eigenvalue weighted by Gasteiger charge is -2.33. The average Bonchev–Trinajstić information content (AvgIpc) is 2.69. The van der Waals surface area contributed by atoms with Gasteiger partial charge in [0.05, 0.1) is 11.3 Å². The zero-order valence-electron chi connectivity index (χ0n) is 15.1. The Hall–Kier alpha value is -2.98. The number of alkyl halides is 3. The van der Waals surface area contributed by atoms with Gasteiger partial charge in [0.25, 0.3) is 0 Å². The normalized spacial score (nSPS) is 15.1. The molecule has 0 aromatic heterocycles. The maximum absolute atomic E-state index is 13.9. The van der Waals surface area contributed by atoms with Crippen LogP contribution in [0.4, 0.5) is 18.9 Å². The van der Waals surface area contributed by atoms with Crippen molar-refractivity contribution in [3.63, 3.8) is 0 Å². The van der Waals surface area contributed by atoms with E-state index in [0.29, 0.717) is 32.3 Å². The third-order valence-corrected chi connectivity index (χ3v) is 5.51. The van der Waals surface area contributed by atoms with Crippen LogP contribution in [-0.4, -0.2) is 6.18 Å². The number of benzene rings is 3. The summed E-state index contributed by atoms with van der Waals surface area (Å²) in [6.45, 7) is 1.71. The molecule has 0 radical (unpaired) electrons. The zero-order valence-corrected chi connectivity index (χ0v) is 16.7. The van der Waals surface area contributed by atoms with E-state index in [1.54, 1.807) is 43.3 Å². The van der Waals surface area contributed by atoms with Crippen LogP contribution in [0, 0.1) is 18.3 Å². The number of nitrogen functional groups attached to an aromatic ring is 1. The van der Waals surface area contributed by atoms with Gasteiger partial charge in [-0.2, -0.15) is 18.4 Å². The van der Waals surface area contributed by atoms with Crippen molar-refractivity contribution in [1.29, 1.82) is 5.26 Å². The van der Waals surface area contributed by atoms with Gasteiger partial charge in [-0.05, 0) is 41.8 Å². The first-order valence-corrected chi connectivity index (χ1v) is 9.48. The number of nitrogens with zero attached hydrogens (tertiary/aromatic N) is 1. The molecule has 0 saturated heterocycles. The van der Waals surface area contributed by atoms with Crippen molar-refractivity contribution in [3.05, 3.63) is 69.7 Å². The number of hydrogen-bond acceptors (Lipinski definition) is 3. The molecule has 0 bridgehead atoms. The molecule has 0 fully saturated rings. The van der Waals surface area contributed by atoms with Gasteiger partial charge in [-0.25, -0.2) is 0 Å². The van der Waals surface area contributed by atoms with Crippen molar-refractivity contribution in [3.8, 4) is 34.1 Å². The van der Waals surface area contributed by atoms with E-state index in [1.165, 1.54) is 6.07 Å². The molecule has 0 saturated carbocycles. The molecule has 1 atom stereocenters. The number of fused-ring (bicyclic) bond motifs is 3. The highest BCUT2D eigenvalue weighted by molar-refractivity contribution is 9.10. The van der Waals surface area contributed by atoms with E-state index in [9.17, 15) is 18.4 Å². The molecule has 0 spiro atoms. The number of hydrogen-bond donors (Lipinski definition) is 1. The van der Waals surface area contributed by atoms with E-state index in [4.69, 9.17) is 10.5 Å². The summed E-state index contributed by atoms with van der Waals surface area (Å²) in [6, 6.07) is 15.9. The van der Waals surface area contributed by atoms with E-state index in [1.807, 2.05) is 12.1 Å². The second-order valence-corrected chi connectivity index (χ2v) is 7.65. The Bertz CT molecular complexity index is 1170.